The molecule has 2 aromatic rings. The van der Waals surface area contributed by atoms with Crippen LogP contribution in [0.2, 0.25) is 0 Å². The number of nitrogens with zero attached hydrogens (tertiary/aromatic N) is 1. The summed E-state index contributed by atoms with van der Waals surface area (Å²) in [5.74, 6) is 1.55. The molecule has 0 unspecified atom stereocenters. The quantitative estimate of drug-likeness (QED) is 0.605. The molecule has 3 heteroatoms. The Labute approximate surface area is 111 Å². The summed E-state index contributed by atoms with van der Waals surface area (Å²) < 4.78 is 5.28. The molecule has 3 rings (SSSR count). The molecule has 0 heterocycles. The van der Waals surface area contributed by atoms with Gasteiger partial charge in [-0.2, -0.15) is 5.26 Å². The highest BCUT2D eigenvalue weighted by atomic mass is 32.2. The molecule has 90 valence electrons. The van der Waals surface area contributed by atoms with Crippen molar-refractivity contribution in [1.82, 2.24) is 0 Å². The van der Waals surface area contributed by atoms with E-state index >= 15 is 0 Å². The minimum atomic E-state index is 0.710. The van der Waals surface area contributed by atoms with Crippen molar-refractivity contribution in [3.05, 3.63) is 35.9 Å². The van der Waals surface area contributed by atoms with Crippen LogP contribution in [-0.4, -0.2) is 7.11 Å². The first-order valence-electron chi connectivity index (χ1n) is 6.00. The highest BCUT2D eigenvalue weighted by Crippen LogP contribution is 2.45. The van der Waals surface area contributed by atoms with Crippen molar-refractivity contribution in [2.45, 2.75) is 23.7 Å². The monoisotopic (exact) mass is 255 g/mol. The molecule has 0 aliphatic heterocycles. The maximum absolute atomic E-state index is 8.88. The second kappa shape index (κ2) is 4.55. The molecular formula is C15H13NOS. The van der Waals surface area contributed by atoms with Crippen LogP contribution in [0.4, 0.5) is 0 Å². The first-order chi connectivity index (χ1) is 8.83. The molecule has 1 fully saturated rings. The van der Waals surface area contributed by atoms with Gasteiger partial charge in [0.1, 0.15) is 11.2 Å². The smallest absolute Gasteiger partial charge is 0.138 e. The zero-order valence-corrected chi connectivity index (χ0v) is 11.0. The van der Waals surface area contributed by atoms with E-state index in [1.165, 1.54) is 35.6 Å². The lowest BCUT2D eigenvalue weighted by atomic mass is 10.0. The van der Waals surface area contributed by atoms with Gasteiger partial charge in [-0.05, 0) is 59.7 Å². The van der Waals surface area contributed by atoms with E-state index in [-0.39, 0.29) is 0 Å². The molecule has 0 saturated heterocycles. The number of nitriles is 1. The van der Waals surface area contributed by atoms with E-state index < -0.39 is 0 Å². The van der Waals surface area contributed by atoms with Crippen LogP contribution < -0.4 is 4.74 Å². The van der Waals surface area contributed by atoms with Crippen LogP contribution in [0.1, 0.15) is 24.3 Å². The zero-order chi connectivity index (χ0) is 12.5. The second-order valence-corrected chi connectivity index (χ2v) is 5.36. The fourth-order valence-corrected chi connectivity index (χ4v) is 2.85. The summed E-state index contributed by atoms with van der Waals surface area (Å²) in [5, 5.41) is 13.4. The number of hydrogen-bond acceptors (Lipinski definition) is 3. The maximum Gasteiger partial charge on any atom is 0.138 e. The third-order valence-corrected chi connectivity index (χ3v) is 4.06. The zero-order valence-electron chi connectivity index (χ0n) is 10.1. The Bertz CT molecular complexity index is 641. The molecule has 1 aliphatic rings. The number of rotatable bonds is 3. The largest absolute Gasteiger partial charge is 0.497 e. The van der Waals surface area contributed by atoms with E-state index in [9.17, 15) is 0 Å². The molecule has 0 radical (unpaired) electrons. The Morgan fingerprint density at radius 1 is 1.22 bits per heavy atom. The standard InChI is InChI=1S/C15H13NOS/c1-17-11-4-5-13-12(10-2-3-10)6-7-15(18-9-16)14(13)8-11/h4-8,10H,2-3H2,1H3. The van der Waals surface area contributed by atoms with Crippen molar-refractivity contribution in [1.29, 1.82) is 5.26 Å². The highest BCUT2D eigenvalue weighted by Gasteiger charge is 2.25. The molecule has 2 nitrogen and oxygen atoms in total. The van der Waals surface area contributed by atoms with Gasteiger partial charge < -0.3 is 4.74 Å². The van der Waals surface area contributed by atoms with E-state index in [1.807, 2.05) is 12.1 Å². The van der Waals surface area contributed by atoms with Gasteiger partial charge in [-0.3, -0.25) is 0 Å². The topological polar surface area (TPSA) is 33.0 Å². The average molecular weight is 255 g/mol. The van der Waals surface area contributed by atoms with Crippen LogP contribution in [0.3, 0.4) is 0 Å². The second-order valence-electron chi connectivity index (χ2n) is 4.53. The van der Waals surface area contributed by atoms with Crippen LogP contribution in [0.15, 0.2) is 35.2 Å². The van der Waals surface area contributed by atoms with Crippen LogP contribution in [-0.2, 0) is 0 Å². The van der Waals surface area contributed by atoms with Gasteiger partial charge in [0.25, 0.3) is 0 Å². The molecule has 0 bridgehead atoms. The summed E-state index contributed by atoms with van der Waals surface area (Å²) >= 11 is 1.21. The molecule has 2 aromatic carbocycles. The number of benzene rings is 2. The summed E-state index contributed by atoms with van der Waals surface area (Å²) in [4.78, 5) is 1.01. The Balaban J connectivity index is 2.24. The molecule has 1 saturated carbocycles. The van der Waals surface area contributed by atoms with Gasteiger partial charge in [-0.15, -0.1) is 0 Å². The van der Waals surface area contributed by atoms with E-state index in [0.29, 0.717) is 5.92 Å². The summed E-state index contributed by atoms with van der Waals surface area (Å²) in [7, 11) is 1.67. The third-order valence-electron chi connectivity index (χ3n) is 3.39. The summed E-state index contributed by atoms with van der Waals surface area (Å²) in [6.45, 7) is 0. The third kappa shape index (κ3) is 1.93. The van der Waals surface area contributed by atoms with Gasteiger partial charge in [-0.25, -0.2) is 0 Å². The predicted molar refractivity (Wildman–Crippen MR) is 73.9 cm³/mol. The minimum Gasteiger partial charge on any atom is -0.497 e. The lowest BCUT2D eigenvalue weighted by molar-refractivity contribution is 0.415. The molecule has 1 aliphatic carbocycles. The lowest BCUT2D eigenvalue weighted by Gasteiger charge is -2.10. The Morgan fingerprint density at radius 2 is 2.06 bits per heavy atom. The molecular weight excluding hydrogens is 242 g/mol. The SMILES string of the molecule is COc1ccc2c(C3CC3)ccc(SC#N)c2c1. The number of hydrogen-bond donors (Lipinski definition) is 0. The van der Waals surface area contributed by atoms with Crippen molar-refractivity contribution in [2.24, 2.45) is 0 Å². The van der Waals surface area contributed by atoms with Crippen molar-refractivity contribution in [3.63, 3.8) is 0 Å². The summed E-state index contributed by atoms with van der Waals surface area (Å²) in [5.41, 5.74) is 1.41. The Kier molecular flexibility index (Phi) is 2.89. The number of methoxy groups -OCH3 is 1. The molecule has 0 amide bonds. The number of ether oxygens (including phenoxy) is 1. The van der Waals surface area contributed by atoms with Crippen LogP contribution in [0, 0.1) is 10.7 Å². The van der Waals surface area contributed by atoms with Crippen LogP contribution in [0.5, 0.6) is 5.75 Å². The highest BCUT2D eigenvalue weighted by molar-refractivity contribution is 8.04. The fourth-order valence-electron chi connectivity index (χ4n) is 2.34. The van der Waals surface area contributed by atoms with Crippen LogP contribution >= 0.6 is 11.8 Å². The van der Waals surface area contributed by atoms with E-state index in [2.05, 4.69) is 23.6 Å². The van der Waals surface area contributed by atoms with Crippen molar-refractivity contribution >= 4 is 22.5 Å². The average Bonchev–Trinajstić information content (AvgIpc) is 3.23. The molecule has 18 heavy (non-hydrogen) atoms. The fraction of sp³-hybridized carbons (Fsp3) is 0.267. The van der Waals surface area contributed by atoms with Gasteiger partial charge in [0.15, 0.2) is 0 Å². The van der Waals surface area contributed by atoms with Gasteiger partial charge in [0, 0.05) is 10.3 Å². The Morgan fingerprint density at radius 3 is 2.72 bits per heavy atom. The van der Waals surface area contributed by atoms with Crippen molar-refractivity contribution in [2.75, 3.05) is 7.11 Å². The Hall–Kier alpha value is -1.66. The summed E-state index contributed by atoms with van der Waals surface area (Å²) in [6.07, 6.45) is 2.57. The molecule has 0 spiro atoms. The van der Waals surface area contributed by atoms with Gasteiger partial charge in [0.05, 0.1) is 7.11 Å². The lowest BCUT2D eigenvalue weighted by Crippen LogP contribution is -1.88. The van der Waals surface area contributed by atoms with Gasteiger partial charge in [0.2, 0.25) is 0 Å². The normalized spacial score (nSPS) is 14.4. The maximum atomic E-state index is 8.88. The number of thioether (sulfide) groups is 1. The predicted octanol–water partition coefficient (Wildman–Crippen LogP) is 4.30. The molecule has 0 aromatic heterocycles. The van der Waals surface area contributed by atoms with E-state index in [4.69, 9.17) is 10.00 Å². The first kappa shape index (κ1) is 11.4. The minimum absolute atomic E-state index is 0.710. The van der Waals surface area contributed by atoms with Crippen LogP contribution in [0.25, 0.3) is 10.8 Å². The number of fused-ring (bicyclic) bond motifs is 1. The van der Waals surface area contributed by atoms with Gasteiger partial charge >= 0.3 is 0 Å². The van der Waals surface area contributed by atoms with Gasteiger partial charge in [-0.1, -0.05) is 12.1 Å². The number of thiocyanates is 1. The van der Waals surface area contributed by atoms with Crippen molar-refractivity contribution in [3.8, 4) is 11.2 Å². The van der Waals surface area contributed by atoms with E-state index in [1.54, 1.807) is 7.11 Å². The van der Waals surface area contributed by atoms with Crippen molar-refractivity contribution < 1.29 is 4.74 Å². The summed E-state index contributed by atoms with van der Waals surface area (Å²) in [6, 6.07) is 10.4. The molecule has 0 N–H and O–H groups in total. The molecule has 0 atom stereocenters. The first-order valence-corrected chi connectivity index (χ1v) is 6.81. The van der Waals surface area contributed by atoms with E-state index in [0.717, 1.165) is 16.0 Å².